The van der Waals surface area contributed by atoms with E-state index in [4.69, 9.17) is 16.3 Å². The maximum absolute atomic E-state index is 6.43. The van der Waals surface area contributed by atoms with Crippen molar-refractivity contribution in [2.45, 2.75) is 39.3 Å². The third-order valence-electron chi connectivity index (χ3n) is 4.13. The molecule has 1 N–H and O–H groups in total. The smallest absolute Gasteiger partial charge is 0.147 e. The summed E-state index contributed by atoms with van der Waals surface area (Å²) in [6.07, 6.45) is 4.41. The van der Waals surface area contributed by atoms with Crippen molar-refractivity contribution in [1.82, 2.24) is 10.3 Å². The number of ether oxygens (including phenoxy) is 1. The Hall–Kier alpha value is -0.840. The summed E-state index contributed by atoms with van der Waals surface area (Å²) in [6.45, 7) is 8.07. The van der Waals surface area contributed by atoms with E-state index in [0.717, 1.165) is 55.4 Å². The van der Waals surface area contributed by atoms with Crippen LogP contribution in [0.3, 0.4) is 0 Å². The number of piperidine rings is 1. The molecule has 1 aromatic rings. The van der Waals surface area contributed by atoms with E-state index in [-0.39, 0.29) is 6.10 Å². The van der Waals surface area contributed by atoms with Crippen LogP contribution in [-0.2, 0) is 11.3 Å². The van der Waals surface area contributed by atoms with Crippen LogP contribution in [0.25, 0.3) is 0 Å². The van der Waals surface area contributed by atoms with Gasteiger partial charge in [-0.15, -0.1) is 0 Å². The van der Waals surface area contributed by atoms with Crippen molar-refractivity contribution in [2.24, 2.45) is 5.92 Å². The van der Waals surface area contributed by atoms with E-state index in [1.54, 1.807) is 7.11 Å². The molecule has 4 nitrogen and oxygen atoms in total. The summed E-state index contributed by atoms with van der Waals surface area (Å²) >= 11 is 6.43. The van der Waals surface area contributed by atoms with E-state index in [0.29, 0.717) is 5.92 Å². The van der Waals surface area contributed by atoms with Crippen LogP contribution in [0, 0.1) is 5.92 Å². The highest BCUT2D eigenvalue weighted by molar-refractivity contribution is 6.33. The third-order valence-corrected chi connectivity index (χ3v) is 4.40. The topological polar surface area (TPSA) is 37.4 Å². The van der Waals surface area contributed by atoms with Crippen molar-refractivity contribution in [3.63, 3.8) is 0 Å². The van der Waals surface area contributed by atoms with Crippen LogP contribution in [0.5, 0.6) is 0 Å². The molecule has 0 bridgehead atoms. The molecule has 1 fully saturated rings. The van der Waals surface area contributed by atoms with Gasteiger partial charge in [0.1, 0.15) is 5.82 Å². The number of anilines is 1. The largest absolute Gasteiger partial charge is 0.379 e. The van der Waals surface area contributed by atoms with Crippen molar-refractivity contribution in [3.8, 4) is 0 Å². The van der Waals surface area contributed by atoms with Crippen molar-refractivity contribution >= 4 is 17.4 Å². The van der Waals surface area contributed by atoms with Crippen LogP contribution in [0.4, 0.5) is 5.82 Å². The standard InChI is InChI=1S/C16H26ClN3O/c1-4-6-18-9-13-8-14(17)16(19-10-13)20-7-5-12(2)15(11-20)21-3/h8,10,12,15,18H,4-7,9,11H2,1-3H3. The second-order valence-electron chi connectivity index (χ2n) is 5.81. The van der Waals surface area contributed by atoms with E-state index >= 15 is 0 Å². The molecule has 118 valence electrons. The number of pyridine rings is 1. The van der Waals surface area contributed by atoms with Gasteiger partial charge in [-0.1, -0.05) is 25.4 Å². The van der Waals surface area contributed by atoms with Crippen LogP contribution in [0.15, 0.2) is 12.3 Å². The highest BCUT2D eigenvalue weighted by Crippen LogP contribution is 2.29. The summed E-state index contributed by atoms with van der Waals surface area (Å²) in [5, 5.41) is 4.10. The SMILES string of the molecule is CCCNCc1cnc(N2CCC(C)C(OC)C2)c(Cl)c1. The average molecular weight is 312 g/mol. The zero-order valence-electron chi connectivity index (χ0n) is 13.2. The van der Waals surface area contributed by atoms with Crippen LogP contribution in [0.2, 0.25) is 5.02 Å². The van der Waals surface area contributed by atoms with Gasteiger partial charge in [0.2, 0.25) is 0 Å². The summed E-state index contributed by atoms with van der Waals surface area (Å²) < 4.78 is 5.56. The van der Waals surface area contributed by atoms with Gasteiger partial charge < -0.3 is 15.0 Å². The minimum absolute atomic E-state index is 0.252. The first kappa shape index (κ1) is 16.5. The summed E-state index contributed by atoms with van der Waals surface area (Å²) in [5.41, 5.74) is 1.13. The molecule has 1 aliphatic rings. The van der Waals surface area contributed by atoms with Gasteiger partial charge in [0, 0.05) is 32.9 Å². The molecule has 0 amide bonds. The summed E-state index contributed by atoms with van der Waals surface area (Å²) in [4.78, 5) is 6.81. The molecule has 1 aromatic heterocycles. The predicted octanol–water partition coefficient (Wildman–Crippen LogP) is 3.10. The highest BCUT2D eigenvalue weighted by atomic mass is 35.5. The number of hydrogen-bond acceptors (Lipinski definition) is 4. The van der Waals surface area contributed by atoms with E-state index in [9.17, 15) is 0 Å². The van der Waals surface area contributed by atoms with E-state index in [1.807, 2.05) is 12.3 Å². The summed E-state index contributed by atoms with van der Waals surface area (Å²) in [7, 11) is 1.78. The number of methoxy groups -OCH3 is 1. The third kappa shape index (κ3) is 4.31. The molecule has 5 heteroatoms. The van der Waals surface area contributed by atoms with Crippen molar-refractivity contribution in [2.75, 3.05) is 31.6 Å². The Balaban J connectivity index is 2.03. The number of nitrogens with one attached hydrogen (secondary N) is 1. The first-order valence-electron chi connectivity index (χ1n) is 7.78. The van der Waals surface area contributed by atoms with Gasteiger partial charge >= 0.3 is 0 Å². The van der Waals surface area contributed by atoms with E-state index in [2.05, 4.69) is 29.0 Å². The molecule has 2 unspecified atom stereocenters. The first-order valence-corrected chi connectivity index (χ1v) is 8.16. The molecule has 0 spiro atoms. The Morgan fingerprint density at radius 1 is 1.52 bits per heavy atom. The van der Waals surface area contributed by atoms with Crippen LogP contribution in [-0.4, -0.2) is 37.8 Å². The maximum atomic E-state index is 6.43. The number of aromatic nitrogens is 1. The molecular formula is C16H26ClN3O. The Bertz CT molecular complexity index is 455. The fourth-order valence-corrected chi connectivity index (χ4v) is 3.05. The highest BCUT2D eigenvalue weighted by Gasteiger charge is 2.27. The lowest BCUT2D eigenvalue weighted by atomic mass is 9.96. The average Bonchev–Trinajstić information content (AvgIpc) is 2.48. The van der Waals surface area contributed by atoms with Crippen molar-refractivity contribution < 1.29 is 4.74 Å². The molecule has 21 heavy (non-hydrogen) atoms. The van der Waals surface area contributed by atoms with Crippen LogP contribution in [0.1, 0.15) is 32.3 Å². The minimum Gasteiger partial charge on any atom is -0.379 e. The summed E-state index contributed by atoms with van der Waals surface area (Å²) in [5.74, 6) is 1.47. The van der Waals surface area contributed by atoms with E-state index < -0.39 is 0 Å². The van der Waals surface area contributed by atoms with Gasteiger partial charge in [-0.25, -0.2) is 4.98 Å². The van der Waals surface area contributed by atoms with Crippen molar-refractivity contribution in [1.29, 1.82) is 0 Å². The first-order chi connectivity index (χ1) is 10.2. The molecule has 1 aliphatic heterocycles. The lowest BCUT2D eigenvalue weighted by Gasteiger charge is -2.37. The van der Waals surface area contributed by atoms with Crippen LogP contribution >= 0.6 is 11.6 Å². The fraction of sp³-hybridized carbons (Fsp3) is 0.688. The van der Waals surface area contributed by atoms with E-state index in [1.165, 1.54) is 0 Å². The number of hydrogen-bond donors (Lipinski definition) is 1. The fourth-order valence-electron chi connectivity index (χ4n) is 2.74. The second kappa shape index (κ2) is 7.97. The molecule has 2 atom stereocenters. The van der Waals surface area contributed by atoms with Gasteiger partial charge in [-0.3, -0.25) is 0 Å². The molecule has 0 radical (unpaired) electrons. The number of rotatable bonds is 6. The Labute approximate surface area is 132 Å². The summed E-state index contributed by atoms with van der Waals surface area (Å²) in [6, 6.07) is 2.02. The Kier molecular flexibility index (Phi) is 6.27. The molecule has 2 heterocycles. The van der Waals surface area contributed by atoms with Gasteiger partial charge in [-0.05, 0) is 36.9 Å². The molecule has 2 rings (SSSR count). The lowest BCUT2D eigenvalue weighted by Crippen LogP contribution is -2.44. The van der Waals surface area contributed by atoms with Gasteiger partial charge in [-0.2, -0.15) is 0 Å². The predicted molar refractivity (Wildman–Crippen MR) is 88.0 cm³/mol. The molecule has 0 aliphatic carbocycles. The lowest BCUT2D eigenvalue weighted by molar-refractivity contribution is 0.0496. The zero-order chi connectivity index (χ0) is 15.2. The van der Waals surface area contributed by atoms with Gasteiger partial charge in [0.05, 0.1) is 11.1 Å². The van der Waals surface area contributed by atoms with Crippen LogP contribution < -0.4 is 10.2 Å². The van der Waals surface area contributed by atoms with Crippen molar-refractivity contribution in [3.05, 3.63) is 22.8 Å². The zero-order valence-corrected chi connectivity index (χ0v) is 14.0. The Morgan fingerprint density at radius 3 is 3.00 bits per heavy atom. The molecule has 0 saturated carbocycles. The second-order valence-corrected chi connectivity index (χ2v) is 6.22. The monoisotopic (exact) mass is 311 g/mol. The van der Waals surface area contributed by atoms with Gasteiger partial charge in [0.15, 0.2) is 0 Å². The molecular weight excluding hydrogens is 286 g/mol. The van der Waals surface area contributed by atoms with Gasteiger partial charge in [0.25, 0.3) is 0 Å². The molecule has 0 aromatic carbocycles. The Morgan fingerprint density at radius 2 is 2.33 bits per heavy atom. The minimum atomic E-state index is 0.252. The number of nitrogens with zero attached hydrogens (tertiary/aromatic N) is 2. The molecule has 1 saturated heterocycles. The maximum Gasteiger partial charge on any atom is 0.147 e. The quantitative estimate of drug-likeness (QED) is 0.819. The normalized spacial score (nSPS) is 22.6. The number of halogens is 1.